The molecule has 3 heterocycles. The topological polar surface area (TPSA) is 96.5 Å². The summed E-state index contributed by atoms with van der Waals surface area (Å²) in [5.41, 5.74) is 4.08. The number of hydrogen-bond donors (Lipinski definition) is 0. The Morgan fingerprint density at radius 1 is 1.15 bits per heavy atom. The van der Waals surface area contributed by atoms with E-state index in [1.165, 1.54) is 11.3 Å². The molecule has 0 radical (unpaired) electrons. The molecule has 170 valence electrons. The van der Waals surface area contributed by atoms with Crippen molar-refractivity contribution in [2.45, 2.75) is 34.3 Å². The molecular formula is C24H23N3O5S. The van der Waals surface area contributed by atoms with Gasteiger partial charge in [-0.25, -0.2) is 9.78 Å². The van der Waals surface area contributed by atoms with Crippen molar-refractivity contribution in [3.8, 4) is 10.9 Å². The van der Waals surface area contributed by atoms with E-state index in [1.807, 2.05) is 37.6 Å². The Hall–Kier alpha value is -3.72. The molecule has 8 nitrogen and oxygen atoms in total. The average Bonchev–Trinajstić information content (AvgIpc) is 3.51. The minimum absolute atomic E-state index is 0.271. The largest absolute Gasteiger partial charge is 0.489 e. The Bertz CT molecular complexity index is 1280. The van der Waals surface area contributed by atoms with Crippen LogP contribution in [0, 0.1) is 27.7 Å². The predicted octanol–water partition coefficient (Wildman–Crippen LogP) is 4.77. The summed E-state index contributed by atoms with van der Waals surface area (Å²) in [5, 5.41) is 6.57. The number of nitrogens with zero attached hydrogens (tertiary/aromatic N) is 3. The van der Waals surface area contributed by atoms with Crippen molar-refractivity contribution in [2.75, 3.05) is 6.61 Å². The summed E-state index contributed by atoms with van der Waals surface area (Å²) < 4.78 is 18.1. The first-order valence-corrected chi connectivity index (χ1v) is 11.2. The van der Waals surface area contributed by atoms with Gasteiger partial charge in [0.05, 0.1) is 16.8 Å². The van der Waals surface area contributed by atoms with Crippen molar-refractivity contribution in [2.24, 2.45) is 0 Å². The molecule has 0 N–H and O–H groups in total. The standard InChI is InChI=1S/C24H23N3O5S/c1-14-10-20(16(3)27(14)24-25-8-9-33-24)22(28)13-31-23(29)18-6-5-7-19(11-18)30-12-21-15(2)26-32-17(21)4/h5-11H,12-13H2,1-4H3. The van der Waals surface area contributed by atoms with Gasteiger partial charge in [-0.2, -0.15) is 0 Å². The van der Waals surface area contributed by atoms with E-state index in [1.54, 1.807) is 36.5 Å². The SMILES string of the molecule is Cc1noc(C)c1COc1cccc(C(=O)OCC(=O)c2cc(C)n(-c3nccs3)c2C)c1. The highest BCUT2D eigenvalue weighted by molar-refractivity contribution is 7.12. The van der Waals surface area contributed by atoms with Crippen molar-refractivity contribution in [1.29, 1.82) is 0 Å². The van der Waals surface area contributed by atoms with Gasteiger partial charge in [0.1, 0.15) is 18.1 Å². The fourth-order valence-electron chi connectivity index (χ4n) is 3.53. The quantitative estimate of drug-likeness (QED) is 0.273. The number of carbonyl (C=O) groups is 2. The molecule has 0 bridgehead atoms. The number of thiazole rings is 1. The summed E-state index contributed by atoms with van der Waals surface area (Å²) in [6, 6.07) is 8.43. The minimum Gasteiger partial charge on any atom is -0.489 e. The van der Waals surface area contributed by atoms with Crippen LogP contribution in [0.5, 0.6) is 5.75 Å². The zero-order valence-electron chi connectivity index (χ0n) is 18.7. The lowest BCUT2D eigenvalue weighted by Crippen LogP contribution is -2.15. The van der Waals surface area contributed by atoms with Gasteiger partial charge in [-0.05, 0) is 52.0 Å². The first-order valence-electron chi connectivity index (χ1n) is 10.3. The van der Waals surface area contributed by atoms with Crippen LogP contribution in [0.15, 0.2) is 46.4 Å². The number of benzene rings is 1. The van der Waals surface area contributed by atoms with Crippen molar-refractivity contribution in [1.82, 2.24) is 14.7 Å². The summed E-state index contributed by atoms with van der Waals surface area (Å²) in [5.74, 6) is 0.323. The van der Waals surface area contributed by atoms with Gasteiger partial charge in [0, 0.05) is 28.5 Å². The first kappa shape index (κ1) is 22.5. The third kappa shape index (κ3) is 4.73. The van der Waals surface area contributed by atoms with E-state index in [0.29, 0.717) is 22.6 Å². The lowest BCUT2D eigenvalue weighted by Gasteiger charge is -2.09. The van der Waals surface area contributed by atoms with Gasteiger partial charge in [-0.15, -0.1) is 11.3 Å². The fraction of sp³-hybridized carbons (Fsp3) is 0.250. The summed E-state index contributed by atoms with van der Waals surface area (Å²) in [6.45, 7) is 7.33. The van der Waals surface area contributed by atoms with E-state index >= 15 is 0 Å². The van der Waals surface area contributed by atoms with Crippen LogP contribution < -0.4 is 4.74 Å². The molecule has 9 heteroatoms. The molecule has 3 aromatic heterocycles. The van der Waals surface area contributed by atoms with E-state index in [4.69, 9.17) is 14.0 Å². The van der Waals surface area contributed by atoms with Crippen LogP contribution in [0.1, 0.15) is 49.1 Å². The molecule has 0 aliphatic rings. The number of carbonyl (C=O) groups excluding carboxylic acids is 2. The maximum atomic E-state index is 12.8. The summed E-state index contributed by atoms with van der Waals surface area (Å²) in [4.78, 5) is 29.6. The Kier molecular flexibility index (Phi) is 6.41. The first-order chi connectivity index (χ1) is 15.8. The number of aryl methyl sites for hydroxylation is 3. The minimum atomic E-state index is -0.597. The highest BCUT2D eigenvalue weighted by atomic mass is 32.1. The summed E-state index contributed by atoms with van der Waals surface area (Å²) in [6.07, 6.45) is 1.72. The molecular weight excluding hydrogens is 442 g/mol. The van der Waals surface area contributed by atoms with Crippen LogP contribution in [0.2, 0.25) is 0 Å². The van der Waals surface area contributed by atoms with Gasteiger partial charge >= 0.3 is 5.97 Å². The van der Waals surface area contributed by atoms with Gasteiger partial charge < -0.3 is 14.0 Å². The zero-order valence-corrected chi connectivity index (χ0v) is 19.6. The van der Waals surface area contributed by atoms with E-state index in [-0.39, 0.29) is 19.0 Å². The number of esters is 1. The van der Waals surface area contributed by atoms with Crippen molar-refractivity contribution >= 4 is 23.1 Å². The summed E-state index contributed by atoms with van der Waals surface area (Å²) >= 11 is 1.49. The molecule has 0 unspecified atom stereocenters. The Balaban J connectivity index is 1.40. The molecule has 0 amide bonds. The Morgan fingerprint density at radius 3 is 2.67 bits per heavy atom. The fourth-order valence-corrected chi connectivity index (χ4v) is 4.29. The van der Waals surface area contributed by atoms with E-state index in [0.717, 1.165) is 27.8 Å². The third-order valence-electron chi connectivity index (χ3n) is 5.31. The highest BCUT2D eigenvalue weighted by Crippen LogP contribution is 2.23. The molecule has 0 atom stereocenters. The molecule has 4 rings (SSSR count). The second-order valence-electron chi connectivity index (χ2n) is 7.55. The molecule has 0 saturated carbocycles. The molecule has 0 aliphatic heterocycles. The van der Waals surface area contributed by atoms with Crippen molar-refractivity contribution in [3.05, 3.63) is 81.4 Å². The van der Waals surface area contributed by atoms with Crippen LogP contribution in [-0.4, -0.2) is 33.1 Å². The Labute approximate surface area is 194 Å². The summed E-state index contributed by atoms with van der Waals surface area (Å²) in [7, 11) is 0. The van der Waals surface area contributed by atoms with Gasteiger partial charge in [0.15, 0.2) is 11.7 Å². The van der Waals surface area contributed by atoms with E-state index in [2.05, 4.69) is 10.1 Å². The lowest BCUT2D eigenvalue weighted by atomic mass is 10.1. The van der Waals surface area contributed by atoms with Crippen LogP contribution >= 0.6 is 11.3 Å². The molecule has 0 aliphatic carbocycles. The third-order valence-corrected chi connectivity index (χ3v) is 6.07. The average molecular weight is 466 g/mol. The normalized spacial score (nSPS) is 10.9. The number of ketones is 1. The van der Waals surface area contributed by atoms with Crippen molar-refractivity contribution < 1.29 is 23.6 Å². The number of rotatable bonds is 8. The maximum Gasteiger partial charge on any atom is 0.338 e. The smallest absolute Gasteiger partial charge is 0.338 e. The van der Waals surface area contributed by atoms with E-state index in [9.17, 15) is 9.59 Å². The zero-order chi connectivity index (χ0) is 23.5. The molecule has 33 heavy (non-hydrogen) atoms. The number of aromatic nitrogens is 3. The van der Waals surface area contributed by atoms with Crippen LogP contribution in [-0.2, 0) is 11.3 Å². The maximum absolute atomic E-state index is 12.8. The number of Topliss-reactive ketones (excluding diaryl/α,β-unsaturated/α-hetero) is 1. The number of hydrogen-bond acceptors (Lipinski definition) is 8. The monoisotopic (exact) mass is 465 g/mol. The van der Waals surface area contributed by atoms with Crippen molar-refractivity contribution in [3.63, 3.8) is 0 Å². The molecule has 0 spiro atoms. The van der Waals surface area contributed by atoms with Gasteiger partial charge in [0.2, 0.25) is 5.78 Å². The number of ether oxygens (including phenoxy) is 2. The van der Waals surface area contributed by atoms with Crippen LogP contribution in [0.3, 0.4) is 0 Å². The predicted molar refractivity (Wildman–Crippen MR) is 122 cm³/mol. The molecule has 0 saturated heterocycles. The second-order valence-corrected chi connectivity index (χ2v) is 8.43. The molecule has 1 aromatic carbocycles. The van der Waals surface area contributed by atoms with Crippen LogP contribution in [0.25, 0.3) is 5.13 Å². The second kappa shape index (κ2) is 9.41. The molecule has 0 fully saturated rings. The van der Waals surface area contributed by atoms with E-state index < -0.39 is 5.97 Å². The lowest BCUT2D eigenvalue weighted by molar-refractivity contribution is 0.0474. The Morgan fingerprint density at radius 2 is 1.97 bits per heavy atom. The molecule has 4 aromatic rings. The van der Waals surface area contributed by atoms with Gasteiger partial charge in [-0.1, -0.05) is 11.2 Å². The van der Waals surface area contributed by atoms with Gasteiger partial charge in [-0.3, -0.25) is 9.36 Å². The van der Waals surface area contributed by atoms with Crippen LogP contribution in [0.4, 0.5) is 0 Å². The van der Waals surface area contributed by atoms with Gasteiger partial charge in [0.25, 0.3) is 0 Å². The highest BCUT2D eigenvalue weighted by Gasteiger charge is 2.20.